The fraction of sp³-hybridized carbons (Fsp3) is 0.136. The molecule has 3 rings (SSSR count). The van der Waals surface area contributed by atoms with Gasteiger partial charge in [0, 0.05) is 31.2 Å². The lowest BCUT2D eigenvalue weighted by molar-refractivity contribution is 0.396. The van der Waals surface area contributed by atoms with Crippen molar-refractivity contribution in [1.82, 2.24) is 9.29 Å². The Balaban J connectivity index is 1.82. The molecule has 0 saturated carbocycles. The Morgan fingerprint density at radius 2 is 1.73 bits per heavy atom. The van der Waals surface area contributed by atoms with E-state index in [1.165, 1.54) is 0 Å². The summed E-state index contributed by atoms with van der Waals surface area (Å²) < 4.78 is 56.5. The minimum Gasteiger partial charge on any atom is -0.399 e. The molecule has 0 radical (unpaired) electrons. The predicted molar refractivity (Wildman–Crippen MR) is 110 cm³/mol. The second-order valence-electron chi connectivity index (χ2n) is 6.59. The molecular weight excluding hydrogens is 414 g/mol. The second kappa shape index (κ2) is 9.77. The van der Waals surface area contributed by atoms with Crippen LogP contribution in [0.15, 0.2) is 66.3 Å². The van der Waals surface area contributed by atoms with Crippen LogP contribution in [0.3, 0.4) is 0 Å². The van der Waals surface area contributed by atoms with E-state index >= 15 is 0 Å². The number of rotatable bonds is 8. The standard InChI is InChI=1S/C22H19F4N3S/c1-14(27)17-6-4-16(5-7-17)13-29(10-8-15-3-2-9-28-12-15)30-19-11-18(23)20(24)22(26)21(19)25/h2-7,9,11-12H,1,8,10,13,27H2. The van der Waals surface area contributed by atoms with Crippen LogP contribution < -0.4 is 5.73 Å². The highest BCUT2D eigenvalue weighted by atomic mass is 32.2. The molecule has 0 saturated heterocycles. The Kier molecular flexibility index (Phi) is 7.12. The molecule has 0 aliphatic carbocycles. The van der Waals surface area contributed by atoms with Gasteiger partial charge < -0.3 is 5.73 Å². The van der Waals surface area contributed by atoms with E-state index in [2.05, 4.69) is 11.6 Å². The van der Waals surface area contributed by atoms with Crippen LogP contribution in [0.4, 0.5) is 17.6 Å². The quantitative estimate of drug-likeness (QED) is 0.226. The van der Waals surface area contributed by atoms with Gasteiger partial charge in [0.05, 0.1) is 4.90 Å². The molecule has 0 atom stereocenters. The van der Waals surface area contributed by atoms with E-state index < -0.39 is 23.3 Å². The smallest absolute Gasteiger partial charge is 0.198 e. The average molecular weight is 433 g/mol. The Morgan fingerprint density at radius 1 is 1.00 bits per heavy atom. The number of nitrogens with zero attached hydrogens (tertiary/aromatic N) is 2. The van der Waals surface area contributed by atoms with Crippen molar-refractivity contribution in [3.05, 3.63) is 101 Å². The molecule has 1 aromatic heterocycles. The highest BCUT2D eigenvalue weighted by molar-refractivity contribution is 7.97. The molecule has 0 fully saturated rings. The number of nitrogens with two attached hydrogens (primary N) is 1. The molecular formula is C22H19F4N3S. The van der Waals surface area contributed by atoms with Gasteiger partial charge in [0.15, 0.2) is 23.3 Å². The number of hydrogen-bond acceptors (Lipinski definition) is 4. The van der Waals surface area contributed by atoms with E-state index in [4.69, 9.17) is 5.73 Å². The average Bonchev–Trinajstić information content (AvgIpc) is 2.75. The predicted octanol–water partition coefficient (Wildman–Crippen LogP) is 5.32. The number of hydrogen-bond donors (Lipinski definition) is 1. The van der Waals surface area contributed by atoms with Gasteiger partial charge in [-0.1, -0.05) is 36.9 Å². The molecule has 0 aliphatic rings. The summed E-state index contributed by atoms with van der Waals surface area (Å²) in [5, 5.41) is 0. The van der Waals surface area contributed by atoms with Crippen LogP contribution in [0.25, 0.3) is 5.70 Å². The summed E-state index contributed by atoms with van der Waals surface area (Å²) in [5.74, 6) is -6.50. The summed E-state index contributed by atoms with van der Waals surface area (Å²) in [6.45, 7) is 4.46. The number of aromatic nitrogens is 1. The maximum absolute atomic E-state index is 14.2. The molecule has 0 aliphatic heterocycles. The minimum absolute atomic E-state index is 0.329. The first-order chi connectivity index (χ1) is 14.3. The minimum atomic E-state index is -1.82. The molecule has 8 heteroatoms. The molecule has 1 heterocycles. The van der Waals surface area contributed by atoms with Crippen LogP contribution in [-0.2, 0) is 13.0 Å². The zero-order valence-corrected chi connectivity index (χ0v) is 16.7. The van der Waals surface area contributed by atoms with Crippen molar-refractivity contribution >= 4 is 17.6 Å². The summed E-state index contributed by atoms with van der Waals surface area (Å²) in [7, 11) is 0. The molecule has 0 bridgehead atoms. The molecule has 0 unspecified atom stereocenters. The van der Waals surface area contributed by atoms with E-state index in [9.17, 15) is 17.6 Å². The van der Waals surface area contributed by atoms with Crippen molar-refractivity contribution in [2.24, 2.45) is 5.73 Å². The van der Waals surface area contributed by atoms with Crippen molar-refractivity contribution in [3.63, 3.8) is 0 Å². The highest BCUT2D eigenvalue weighted by Gasteiger charge is 2.21. The Hall–Kier alpha value is -2.84. The van der Waals surface area contributed by atoms with Crippen molar-refractivity contribution in [3.8, 4) is 0 Å². The summed E-state index contributed by atoms with van der Waals surface area (Å²) >= 11 is 0.826. The maximum atomic E-state index is 14.2. The third-order valence-corrected chi connectivity index (χ3v) is 5.42. The lowest BCUT2D eigenvalue weighted by atomic mass is 10.1. The number of benzene rings is 2. The Bertz CT molecular complexity index is 1030. The third-order valence-electron chi connectivity index (χ3n) is 4.35. The molecule has 2 aromatic carbocycles. The maximum Gasteiger partial charge on any atom is 0.198 e. The van der Waals surface area contributed by atoms with Crippen LogP contribution >= 0.6 is 11.9 Å². The SMILES string of the molecule is C=C(N)c1ccc(CN(CCc2cccnc2)Sc2cc(F)c(F)c(F)c2F)cc1. The zero-order valence-electron chi connectivity index (χ0n) is 15.9. The van der Waals surface area contributed by atoms with Gasteiger partial charge in [-0.2, -0.15) is 0 Å². The largest absolute Gasteiger partial charge is 0.399 e. The van der Waals surface area contributed by atoms with Crippen molar-refractivity contribution in [2.75, 3.05) is 6.54 Å². The summed E-state index contributed by atoms with van der Waals surface area (Å²) in [5.41, 5.74) is 8.72. The van der Waals surface area contributed by atoms with Gasteiger partial charge in [0.1, 0.15) is 0 Å². The van der Waals surface area contributed by atoms with Crippen LogP contribution in [-0.4, -0.2) is 15.8 Å². The van der Waals surface area contributed by atoms with Gasteiger partial charge in [-0.15, -0.1) is 0 Å². The first kappa shape index (κ1) is 21.9. The molecule has 3 aromatic rings. The van der Waals surface area contributed by atoms with Crippen LogP contribution in [0.2, 0.25) is 0 Å². The molecule has 0 spiro atoms. The zero-order chi connectivity index (χ0) is 21.7. The summed E-state index contributed by atoms with van der Waals surface area (Å²) in [4.78, 5) is 3.73. The molecule has 156 valence electrons. The van der Waals surface area contributed by atoms with Crippen LogP contribution in [0.1, 0.15) is 16.7 Å². The molecule has 3 nitrogen and oxygen atoms in total. The van der Waals surface area contributed by atoms with Gasteiger partial charge in [0.25, 0.3) is 0 Å². The van der Waals surface area contributed by atoms with Gasteiger partial charge in [-0.25, -0.2) is 21.9 Å². The number of halogens is 4. The van der Waals surface area contributed by atoms with Gasteiger partial charge in [-0.3, -0.25) is 4.98 Å². The Labute approximate surface area is 176 Å². The van der Waals surface area contributed by atoms with E-state index in [0.29, 0.717) is 31.3 Å². The lowest BCUT2D eigenvalue weighted by Gasteiger charge is -2.22. The fourth-order valence-corrected chi connectivity index (χ4v) is 3.74. The third kappa shape index (κ3) is 5.40. The van der Waals surface area contributed by atoms with E-state index in [1.807, 2.05) is 18.2 Å². The molecule has 2 N–H and O–H groups in total. The van der Waals surface area contributed by atoms with Crippen LogP contribution in [0, 0.1) is 23.3 Å². The van der Waals surface area contributed by atoms with Crippen molar-refractivity contribution in [2.45, 2.75) is 17.9 Å². The van der Waals surface area contributed by atoms with Gasteiger partial charge in [-0.05, 0) is 47.2 Å². The second-order valence-corrected chi connectivity index (χ2v) is 7.73. The van der Waals surface area contributed by atoms with Gasteiger partial charge >= 0.3 is 0 Å². The number of pyridine rings is 1. The highest BCUT2D eigenvalue weighted by Crippen LogP contribution is 2.31. The fourth-order valence-electron chi connectivity index (χ4n) is 2.74. The summed E-state index contributed by atoms with van der Waals surface area (Å²) in [6.07, 6.45) is 3.94. The van der Waals surface area contributed by atoms with Crippen molar-refractivity contribution < 1.29 is 17.6 Å². The van der Waals surface area contributed by atoms with Crippen LogP contribution in [0.5, 0.6) is 0 Å². The molecule has 0 amide bonds. The first-order valence-corrected chi connectivity index (χ1v) is 9.81. The first-order valence-electron chi connectivity index (χ1n) is 9.03. The van der Waals surface area contributed by atoms with E-state index in [-0.39, 0.29) is 4.90 Å². The monoisotopic (exact) mass is 433 g/mol. The Morgan fingerprint density at radius 3 is 2.37 bits per heavy atom. The molecule has 30 heavy (non-hydrogen) atoms. The van der Waals surface area contributed by atoms with E-state index in [0.717, 1.165) is 28.6 Å². The van der Waals surface area contributed by atoms with Gasteiger partial charge in [0.2, 0.25) is 0 Å². The summed E-state index contributed by atoms with van der Waals surface area (Å²) in [6, 6.07) is 11.7. The topological polar surface area (TPSA) is 42.1 Å². The normalized spacial score (nSPS) is 11.1. The van der Waals surface area contributed by atoms with E-state index in [1.54, 1.807) is 34.9 Å². The lowest BCUT2D eigenvalue weighted by Crippen LogP contribution is -2.19. The van der Waals surface area contributed by atoms with Crippen molar-refractivity contribution in [1.29, 1.82) is 0 Å².